The second-order valence-electron chi connectivity index (χ2n) is 6.48. The van der Waals surface area contributed by atoms with Crippen LogP contribution in [-0.2, 0) is 17.6 Å². The maximum Gasteiger partial charge on any atom is 0.341 e. The van der Waals surface area contributed by atoms with Crippen LogP contribution < -0.4 is 10.9 Å². The number of nitro benzene ring substituents is 1. The number of nitrogens with one attached hydrogen (secondary N) is 2. The Labute approximate surface area is 167 Å². The van der Waals surface area contributed by atoms with E-state index in [-0.39, 0.29) is 22.4 Å². The largest absolute Gasteiger partial charge is 0.465 e. The summed E-state index contributed by atoms with van der Waals surface area (Å²) in [6.45, 7) is 0. The number of fused-ring (bicyclic) bond motifs is 2. The lowest BCUT2D eigenvalue weighted by Crippen LogP contribution is -2.21. The van der Waals surface area contributed by atoms with Gasteiger partial charge in [-0.3, -0.25) is 20.3 Å². The smallest absolute Gasteiger partial charge is 0.341 e. The van der Waals surface area contributed by atoms with E-state index >= 15 is 0 Å². The van der Waals surface area contributed by atoms with Crippen molar-refractivity contribution in [2.75, 3.05) is 12.4 Å². The fourth-order valence-electron chi connectivity index (χ4n) is 3.39. The molecule has 0 saturated heterocycles. The van der Waals surface area contributed by atoms with E-state index in [0.717, 1.165) is 29.7 Å². The zero-order valence-corrected chi connectivity index (χ0v) is 16.1. The number of hydrogen-bond acceptors (Lipinski definition) is 8. The van der Waals surface area contributed by atoms with Gasteiger partial charge in [-0.25, -0.2) is 4.79 Å². The zero-order chi connectivity index (χ0) is 20.7. The summed E-state index contributed by atoms with van der Waals surface area (Å²) in [7, 11) is 1.28. The van der Waals surface area contributed by atoms with Crippen molar-refractivity contribution in [3.05, 3.63) is 61.5 Å². The SMILES string of the molecule is COC(=O)c1c(NC(=O)c2cc3cc([N+](=O)[O-])ccc3oc2=N)sc2c1CCC2. The molecule has 0 radical (unpaired) electrons. The van der Waals surface area contributed by atoms with Crippen LogP contribution >= 0.6 is 11.3 Å². The van der Waals surface area contributed by atoms with E-state index in [4.69, 9.17) is 14.6 Å². The molecular formula is C19H15N3O6S. The first-order valence-electron chi connectivity index (χ1n) is 8.70. The maximum atomic E-state index is 12.8. The van der Waals surface area contributed by atoms with Gasteiger partial charge < -0.3 is 14.5 Å². The van der Waals surface area contributed by atoms with Gasteiger partial charge in [-0.1, -0.05) is 0 Å². The lowest BCUT2D eigenvalue weighted by molar-refractivity contribution is -0.384. The molecule has 2 heterocycles. The number of methoxy groups -OCH3 is 1. The number of thiophene rings is 1. The molecule has 0 spiro atoms. The van der Waals surface area contributed by atoms with Crippen molar-refractivity contribution in [1.82, 2.24) is 0 Å². The van der Waals surface area contributed by atoms with E-state index in [1.807, 2.05) is 0 Å². The highest BCUT2D eigenvalue weighted by Crippen LogP contribution is 2.39. The molecular weight excluding hydrogens is 398 g/mol. The van der Waals surface area contributed by atoms with Gasteiger partial charge in [-0.05, 0) is 37.0 Å². The third-order valence-electron chi connectivity index (χ3n) is 4.74. The van der Waals surface area contributed by atoms with Crippen LogP contribution in [0.3, 0.4) is 0 Å². The van der Waals surface area contributed by atoms with E-state index in [1.165, 1.54) is 42.7 Å². The number of benzene rings is 1. The lowest BCUT2D eigenvalue weighted by atomic mass is 10.1. The first-order valence-corrected chi connectivity index (χ1v) is 9.51. The molecule has 0 saturated carbocycles. The van der Waals surface area contributed by atoms with Gasteiger partial charge in [-0.2, -0.15) is 0 Å². The topological polar surface area (TPSA) is 136 Å². The van der Waals surface area contributed by atoms with E-state index < -0.39 is 16.8 Å². The van der Waals surface area contributed by atoms with Crippen LogP contribution in [-0.4, -0.2) is 23.9 Å². The van der Waals surface area contributed by atoms with Gasteiger partial charge in [0.25, 0.3) is 11.6 Å². The summed E-state index contributed by atoms with van der Waals surface area (Å²) in [5, 5.41) is 22.4. The molecule has 9 nitrogen and oxygen atoms in total. The quantitative estimate of drug-likeness (QED) is 0.382. The highest BCUT2D eigenvalue weighted by molar-refractivity contribution is 7.17. The Hall–Kier alpha value is -3.53. The summed E-state index contributed by atoms with van der Waals surface area (Å²) in [6, 6.07) is 5.28. The first kappa shape index (κ1) is 18.8. The normalized spacial score (nSPS) is 12.6. The molecule has 2 N–H and O–H groups in total. The van der Waals surface area contributed by atoms with Crippen molar-refractivity contribution in [1.29, 1.82) is 5.41 Å². The number of nitro groups is 1. The maximum absolute atomic E-state index is 12.8. The van der Waals surface area contributed by atoms with Gasteiger partial charge in [-0.15, -0.1) is 11.3 Å². The third kappa shape index (κ3) is 3.27. The number of rotatable bonds is 4. The van der Waals surface area contributed by atoms with Crippen LogP contribution in [0.25, 0.3) is 11.0 Å². The summed E-state index contributed by atoms with van der Waals surface area (Å²) >= 11 is 1.32. The van der Waals surface area contributed by atoms with Crippen LogP contribution in [0.5, 0.6) is 0 Å². The molecule has 148 valence electrons. The van der Waals surface area contributed by atoms with Gasteiger partial charge in [0, 0.05) is 22.4 Å². The predicted octanol–water partition coefficient (Wildman–Crippen LogP) is 3.41. The minimum Gasteiger partial charge on any atom is -0.465 e. The minimum atomic E-state index is -0.641. The van der Waals surface area contributed by atoms with E-state index in [1.54, 1.807) is 0 Å². The van der Waals surface area contributed by atoms with Crippen molar-refractivity contribution in [2.45, 2.75) is 19.3 Å². The molecule has 4 rings (SSSR count). The Balaban J connectivity index is 1.73. The van der Waals surface area contributed by atoms with Crippen molar-refractivity contribution in [3.63, 3.8) is 0 Å². The number of amides is 1. The fraction of sp³-hybridized carbons (Fsp3) is 0.211. The number of aryl methyl sites for hydroxylation is 1. The standard InChI is InChI=1S/C19H15N3O6S/c1-27-19(24)15-11-3-2-4-14(11)29-18(15)21-17(23)12-8-9-7-10(22(25)26)5-6-13(9)28-16(12)20/h5-8,20H,2-4H2,1H3,(H,21,23). The number of non-ortho nitro benzene ring substituents is 1. The number of ether oxygens (including phenoxy) is 1. The molecule has 1 aromatic carbocycles. The van der Waals surface area contributed by atoms with Gasteiger partial charge in [0.1, 0.15) is 16.1 Å². The number of hydrogen-bond donors (Lipinski definition) is 2. The molecule has 29 heavy (non-hydrogen) atoms. The monoisotopic (exact) mass is 413 g/mol. The molecule has 10 heteroatoms. The summed E-state index contributed by atoms with van der Waals surface area (Å²) in [5.74, 6) is -1.16. The van der Waals surface area contributed by atoms with E-state index in [9.17, 15) is 19.7 Å². The number of esters is 1. The summed E-state index contributed by atoms with van der Waals surface area (Å²) in [6.07, 6.45) is 2.52. The van der Waals surface area contributed by atoms with Crippen LogP contribution in [0, 0.1) is 15.5 Å². The fourth-order valence-corrected chi connectivity index (χ4v) is 4.66. The summed E-state index contributed by atoms with van der Waals surface area (Å²) in [4.78, 5) is 36.5. The molecule has 1 amide bonds. The lowest BCUT2D eigenvalue weighted by Gasteiger charge is -2.07. The second-order valence-corrected chi connectivity index (χ2v) is 7.58. The van der Waals surface area contributed by atoms with Gasteiger partial charge >= 0.3 is 5.97 Å². The van der Waals surface area contributed by atoms with E-state index in [2.05, 4.69) is 5.32 Å². The van der Waals surface area contributed by atoms with Crippen molar-refractivity contribution in [2.24, 2.45) is 0 Å². The Morgan fingerprint density at radius 1 is 1.31 bits per heavy atom. The predicted molar refractivity (Wildman–Crippen MR) is 104 cm³/mol. The second kappa shape index (κ2) is 7.13. The van der Waals surface area contributed by atoms with Crippen molar-refractivity contribution >= 4 is 44.9 Å². The number of carbonyl (C=O) groups is 2. The van der Waals surface area contributed by atoms with Crippen LogP contribution in [0.15, 0.2) is 28.7 Å². The average molecular weight is 413 g/mol. The Kier molecular flexibility index (Phi) is 4.63. The molecule has 0 bridgehead atoms. The van der Waals surface area contributed by atoms with Crippen LogP contribution in [0.4, 0.5) is 10.7 Å². The Morgan fingerprint density at radius 2 is 2.10 bits per heavy atom. The highest BCUT2D eigenvalue weighted by atomic mass is 32.1. The van der Waals surface area contributed by atoms with Gasteiger partial charge in [0.05, 0.1) is 17.6 Å². The molecule has 0 unspecified atom stereocenters. The minimum absolute atomic E-state index is 0.0950. The molecule has 0 atom stereocenters. The summed E-state index contributed by atoms with van der Waals surface area (Å²) < 4.78 is 10.2. The molecule has 0 aliphatic heterocycles. The average Bonchev–Trinajstić information content (AvgIpc) is 3.27. The van der Waals surface area contributed by atoms with Gasteiger partial charge in [0.2, 0.25) is 5.55 Å². The van der Waals surface area contributed by atoms with Crippen molar-refractivity contribution in [3.8, 4) is 0 Å². The summed E-state index contributed by atoms with van der Waals surface area (Å²) in [5.41, 5.74) is 0.859. The van der Waals surface area contributed by atoms with Crippen molar-refractivity contribution < 1.29 is 23.7 Å². The third-order valence-corrected chi connectivity index (χ3v) is 5.95. The Bertz CT molecular complexity index is 1240. The number of carbonyl (C=O) groups excluding carboxylic acids is 2. The Morgan fingerprint density at radius 3 is 2.83 bits per heavy atom. The first-order chi connectivity index (χ1) is 13.9. The molecule has 2 aromatic heterocycles. The highest BCUT2D eigenvalue weighted by Gasteiger charge is 2.28. The molecule has 3 aromatic rings. The number of nitrogens with zero attached hydrogens (tertiary/aromatic N) is 1. The zero-order valence-electron chi connectivity index (χ0n) is 15.2. The molecule has 1 aliphatic rings. The number of anilines is 1. The van der Waals surface area contributed by atoms with Crippen LogP contribution in [0.1, 0.15) is 37.6 Å². The molecule has 1 aliphatic carbocycles. The van der Waals surface area contributed by atoms with E-state index in [0.29, 0.717) is 16.0 Å². The molecule has 0 fully saturated rings. The van der Waals surface area contributed by atoms with Crippen LogP contribution in [0.2, 0.25) is 0 Å². The van der Waals surface area contributed by atoms with Gasteiger partial charge in [0.15, 0.2) is 0 Å².